The molecule has 2 aromatic rings. The van der Waals surface area contributed by atoms with Crippen molar-refractivity contribution in [2.45, 2.75) is 86.1 Å². The minimum absolute atomic E-state index is 0.0444. The number of methoxy groups -OCH3 is 3. The van der Waals surface area contributed by atoms with Crippen LogP contribution in [0.2, 0.25) is 0 Å². The zero-order chi connectivity index (χ0) is 45.9. The van der Waals surface area contributed by atoms with E-state index in [0.29, 0.717) is 40.6 Å². The van der Waals surface area contributed by atoms with Crippen LogP contribution in [0.5, 0.6) is 17.2 Å². The summed E-state index contributed by atoms with van der Waals surface area (Å²) in [5.41, 5.74) is 1.24. The van der Waals surface area contributed by atoms with Crippen molar-refractivity contribution >= 4 is 30.7 Å². The molecule has 3 rings (SSSR count). The smallest absolute Gasteiger partial charge is 0.317 e. The summed E-state index contributed by atoms with van der Waals surface area (Å²) < 4.78 is 29.9. The SMILES string of the molecule is COc1cc(OC)c(C#Cc2cc(CN3C[C@H](C(C)C)N(CC(=O)O)C[C@H](C(C)C)N(CC(=O)O)C[C@H](C(C)C)N(CC(=O)O)C[C@@H]3C(C)C)nc(P(C)(=O)O)c2)c(OC)c1. The highest BCUT2D eigenvalue weighted by molar-refractivity contribution is 7.65. The van der Waals surface area contributed by atoms with Crippen LogP contribution in [0.1, 0.15) is 72.2 Å². The van der Waals surface area contributed by atoms with Crippen molar-refractivity contribution in [2.24, 2.45) is 23.7 Å². The molecule has 1 unspecified atom stereocenters. The van der Waals surface area contributed by atoms with Crippen LogP contribution >= 0.6 is 7.37 Å². The minimum Gasteiger partial charge on any atom is -0.496 e. The Kier molecular flexibility index (Phi) is 19.1. The Morgan fingerprint density at radius 2 is 1.03 bits per heavy atom. The van der Waals surface area contributed by atoms with Crippen molar-refractivity contribution in [2.75, 3.05) is 73.8 Å². The standard InChI is InChI=1S/C44H68N5O11P/c1-27(2)35-21-47(24-42(50)51)37(29(5)6)23-49(26-44(54)55)38(30(7)8)22-48(25-43(52)53)36(28(3)4)20-46(35)19-32-15-31(16-41(45-32)61(12,56)57)13-14-34-39(59-10)17-33(58-9)18-40(34)60-11/h15-18,27-30,35-38H,19-26H2,1-12H3,(H,50,51)(H,52,53)(H,54,55)(H,56,57)/t35-,36-,37-,38-/m1/s1. The predicted molar refractivity (Wildman–Crippen MR) is 234 cm³/mol. The Morgan fingerprint density at radius 1 is 0.656 bits per heavy atom. The normalized spacial score (nSPS) is 21.3. The van der Waals surface area contributed by atoms with E-state index < -0.39 is 25.3 Å². The molecule has 0 amide bonds. The van der Waals surface area contributed by atoms with E-state index in [1.54, 1.807) is 18.2 Å². The second-order valence-corrected chi connectivity index (χ2v) is 19.6. The third-order valence-corrected chi connectivity index (χ3v) is 12.4. The van der Waals surface area contributed by atoms with Crippen LogP contribution in [-0.2, 0) is 25.5 Å². The fourth-order valence-electron chi connectivity index (χ4n) is 8.15. The average molecular weight is 874 g/mol. The summed E-state index contributed by atoms with van der Waals surface area (Å²) in [6.45, 7) is 17.7. The molecule has 0 spiro atoms. The van der Waals surface area contributed by atoms with Gasteiger partial charge >= 0.3 is 17.9 Å². The highest BCUT2D eigenvalue weighted by Crippen LogP contribution is 2.35. The van der Waals surface area contributed by atoms with E-state index in [9.17, 15) is 39.2 Å². The molecule has 2 heterocycles. The number of carboxylic acids is 3. The maximum atomic E-state index is 13.3. The number of ether oxygens (including phenoxy) is 3. The molecule has 1 fully saturated rings. The number of hydrogen-bond acceptors (Lipinski definition) is 12. The summed E-state index contributed by atoms with van der Waals surface area (Å²) in [6, 6.07) is 5.12. The first kappa shape index (κ1) is 51.1. The van der Waals surface area contributed by atoms with E-state index in [0.717, 1.165) is 0 Å². The van der Waals surface area contributed by atoms with Crippen LogP contribution in [0.4, 0.5) is 0 Å². The number of benzene rings is 1. The molecular weight excluding hydrogens is 805 g/mol. The zero-order valence-electron chi connectivity index (χ0n) is 37.9. The number of hydrogen-bond donors (Lipinski definition) is 4. The van der Waals surface area contributed by atoms with Crippen molar-refractivity contribution in [1.82, 2.24) is 24.6 Å². The topological polar surface area (TPSA) is 203 Å². The highest BCUT2D eigenvalue weighted by Gasteiger charge is 2.39. The number of pyridine rings is 1. The fraction of sp³-hybridized carbons (Fsp3) is 0.636. The molecule has 0 bridgehead atoms. The van der Waals surface area contributed by atoms with E-state index >= 15 is 0 Å². The molecule has 340 valence electrons. The lowest BCUT2D eigenvalue weighted by Crippen LogP contribution is -2.62. The molecule has 1 aliphatic heterocycles. The van der Waals surface area contributed by atoms with Gasteiger partial charge in [-0.05, 0) is 35.8 Å². The van der Waals surface area contributed by atoms with E-state index in [-0.39, 0.29) is 99.1 Å². The first-order chi connectivity index (χ1) is 28.5. The van der Waals surface area contributed by atoms with Gasteiger partial charge in [-0.15, -0.1) is 0 Å². The molecule has 0 aliphatic carbocycles. The van der Waals surface area contributed by atoms with Crippen LogP contribution in [-0.4, -0.2) is 161 Å². The van der Waals surface area contributed by atoms with E-state index in [2.05, 4.69) is 16.7 Å². The predicted octanol–water partition coefficient (Wildman–Crippen LogP) is 4.11. The Morgan fingerprint density at radius 3 is 1.36 bits per heavy atom. The van der Waals surface area contributed by atoms with Crippen LogP contribution < -0.4 is 19.6 Å². The molecule has 1 aromatic carbocycles. The quantitative estimate of drug-likeness (QED) is 0.139. The molecule has 1 aromatic heterocycles. The summed E-state index contributed by atoms with van der Waals surface area (Å²) in [5.74, 6) is 4.17. The van der Waals surface area contributed by atoms with Crippen molar-refractivity contribution < 1.29 is 53.4 Å². The highest BCUT2D eigenvalue weighted by atomic mass is 31.2. The zero-order valence-corrected chi connectivity index (χ0v) is 38.8. The molecule has 16 nitrogen and oxygen atoms in total. The number of aromatic nitrogens is 1. The number of carbonyl (C=O) groups is 3. The second-order valence-electron chi connectivity index (χ2n) is 17.4. The number of aliphatic carboxylic acids is 3. The van der Waals surface area contributed by atoms with Gasteiger partial charge in [-0.25, -0.2) is 4.98 Å². The van der Waals surface area contributed by atoms with E-state index in [4.69, 9.17) is 19.2 Å². The Bertz CT molecular complexity index is 1890. The van der Waals surface area contributed by atoms with Gasteiger partial charge in [0.1, 0.15) is 28.2 Å². The molecule has 1 aliphatic rings. The van der Waals surface area contributed by atoms with Crippen LogP contribution in [0, 0.1) is 35.5 Å². The van der Waals surface area contributed by atoms with Gasteiger partial charge in [0.2, 0.25) is 7.37 Å². The molecule has 0 radical (unpaired) electrons. The van der Waals surface area contributed by atoms with Gasteiger partial charge in [-0.3, -0.25) is 38.5 Å². The average Bonchev–Trinajstić information content (AvgIpc) is 3.15. The number of nitrogens with zero attached hydrogens (tertiary/aromatic N) is 5. The van der Waals surface area contributed by atoms with Crippen LogP contribution in [0.15, 0.2) is 24.3 Å². The lowest BCUT2D eigenvalue weighted by atomic mass is 9.92. The molecule has 5 atom stereocenters. The van der Waals surface area contributed by atoms with Gasteiger partial charge in [-0.2, -0.15) is 0 Å². The van der Waals surface area contributed by atoms with Crippen molar-refractivity contribution in [1.29, 1.82) is 0 Å². The second kappa shape index (κ2) is 22.7. The first-order valence-electron chi connectivity index (χ1n) is 20.7. The van der Waals surface area contributed by atoms with Crippen molar-refractivity contribution in [3.8, 4) is 29.1 Å². The lowest BCUT2D eigenvalue weighted by Gasteiger charge is -2.48. The van der Waals surface area contributed by atoms with Crippen LogP contribution in [0.25, 0.3) is 0 Å². The van der Waals surface area contributed by atoms with E-state index in [1.807, 2.05) is 70.1 Å². The largest absolute Gasteiger partial charge is 0.496 e. The van der Waals surface area contributed by atoms with Gasteiger partial charge in [0.15, 0.2) is 0 Å². The Balaban J connectivity index is 2.36. The van der Waals surface area contributed by atoms with Gasteiger partial charge in [-0.1, -0.05) is 67.2 Å². The summed E-state index contributed by atoms with van der Waals surface area (Å²) in [4.78, 5) is 61.2. The van der Waals surface area contributed by atoms with Gasteiger partial charge in [0.25, 0.3) is 0 Å². The van der Waals surface area contributed by atoms with Gasteiger partial charge in [0, 0.05) is 81.3 Å². The summed E-state index contributed by atoms with van der Waals surface area (Å²) in [7, 11) is 0.605. The molecule has 0 saturated carbocycles. The maximum Gasteiger partial charge on any atom is 0.317 e. The summed E-state index contributed by atoms with van der Waals surface area (Å²) in [6.07, 6.45) is 0. The monoisotopic (exact) mass is 873 g/mol. The van der Waals surface area contributed by atoms with Crippen molar-refractivity contribution in [3.63, 3.8) is 0 Å². The first-order valence-corrected chi connectivity index (χ1v) is 22.8. The van der Waals surface area contributed by atoms with Gasteiger partial charge < -0.3 is 34.4 Å². The lowest BCUT2D eigenvalue weighted by molar-refractivity contribution is -0.143. The summed E-state index contributed by atoms with van der Waals surface area (Å²) >= 11 is 0. The third-order valence-electron chi connectivity index (χ3n) is 11.4. The van der Waals surface area contributed by atoms with Crippen LogP contribution in [0.3, 0.4) is 0 Å². The number of carboxylic acid groups (broad SMARTS) is 3. The molecule has 4 N–H and O–H groups in total. The number of rotatable bonds is 16. The summed E-state index contributed by atoms with van der Waals surface area (Å²) in [5, 5.41) is 30.8. The van der Waals surface area contributed by atoms with E-state index in [1.165, 1.54) is 34.1 Å². The molecule has 17 heteroatoms. The molecule has 61 heavy (non-hydrogen) atoms. The van der Waals surface area contributed by atoms with Gasteiger partial charge in [0.05, 0.1) is 46.7 Å². The Labute approximate surface area is 361 Å². The van der Waals surface area contributed by atoms with Crippen molar-refractivity contribution in [3.05, 3.63) is 41.1 Å². The Hall–Kier alpha value is -4.23. The minimum atomic E-state index is -3.92. The third kappa shape index (κ3) is 14.7. The maximum absolute atomic E-state index is 13.3. The molecular formula is C44H68N5O11P. The fourth-order valence-corrected chi connectivity index (χ4v) is 8.84. The molecule has 1 saturated heterocycles.